The smallest absolute Gasteiger partial charge is 0.166 e. The molecule has 5 nitrogen and oxygen atoms in total. The molecule has 1 saturated heterocycles. The van der Waals surface area contributed by atoms with Gasteiger partial charge in [-0.2, -0.15) is 0 Å². The zero-order valence-electron chi connectivity index (χ0n) is 11.7. The number of ether oxygens (including phenoxy) is 4. The Bertz CT molecular complexity index is 416. The third-order valence-electron chi connectivity index (χ3n) is 3.15. The molecule has 5 heteroatoms. The SMILES string of the molecule is COCc1cc(OC)c(OC)c(C2CNCCO2)c1. The van der Waals surface area contributed by atoms with Crippen LogP contribution in [0.15, 0.2) is 12.1 Å². The van der Waals surface area contributed by atoms with Crippen LogP contribution in [0, 0.1) is 0 Å². The number of rotatable bonds is 5. The normalized spacial score (nSPS) is 19.2. The van der Waals surface area contributed by atoms with E-state index in [1.165, 1.54) is 0 Å². The minimum Gasteiger partial charge on any atom is -0.493 e. The molecule has 1 aliphatic rings. The van der Waals surface area contributed by atoms with Crippen molar-refractivity contribution in [2.45, 2.75) is 12.7 Å². The molecule has 0 radical (unpaired) electrons. The summed E-state index contributed by atoms with van der Waals surface area (Å²) in [5.74, 6) is 1.44. The molecule has 0 amide bonds. The van der Waals surface area contributed by atoms with Gasteiger partial charge in [0.05, 0.1) is 33.5 Å². The Balaban J connectivity index is 2.39. The van der Waals surface area contributed by atoms with Gasteiger partial charge in [0.15, 0.2) is 11.5 Å². The van der Waals surface area contributed by atoms with Gasteiger partial charge in [0.1, 0.15) is 0 Å². The zero-order valence-corrected chi connectivity index (χ0v) is 11.7. The lowest BCUT2D eigenvalue weighted by Gasteiger charge is -2.26. The van der Waals surface area contributed by atoms with Crippen molar-refractivity contribution in [3.63, 3.8) is 0 Å². The summed E-state index contributed by atoms with van der Waals surface area (Å²) < 4.78 is 21.9. The standard InChI is InChI=1S/C14H21NO4/c1-16-9-10-6-11(13-8-15-4-5-19-13)14(18-3)12(7-10)17-2/h6-7,13,15H,4-5,8-9H2,1-3H3. The van der Waals surface area contributed by atoms with Crippen molar-refractivity contribution in [1.29, 1.82) is 0 Å². The fraction of sp³-hybridized carbons (Fsp3) is 0.571. The highest BCUT2D eigenvalue weighted by molar-refractivity contribution is 5.50. The van der Waals surface area contributed by atoms with Gasteiger partial charge in [-0.25, -0.2) is 0 Å². The Kier molecular flexibility index (Phi) is 5.01. The van der Waals surface area contributed by atoms with Crippen molar-refractivity contribution in [2.75, 3.05) is 41.0 Å². The topological polar surface area (TPSA) is 49.0 Å². The molecule has 1 heterocycles. The second kappa shape index (κ2) is 6.75. The molecule has 0 spiro atoms. The number of hydrogen-bond donors (Lipinski definition) is 1. The van der Waals surface area contributed by atoms with Gasteiger partial charge in [0, 0.05) is 25.8 Å². The van der Waals surface area contributed by atoms with Crippen molar-refractivity contribution < 1.29 is 18.9 Å². The van der Waals surface area contributed by atoms with Gasteiger partial charge in [0.2, 0.25) is 0 Å². The van der Waals surface area contributed by atoms with Crippen LogP contribution < -0.4 is 14.8 Å². The molecular formula is C14H21NO4. The van der Waals surface area contributed by atoms with E-state index in [1.54, 1.807) is 21.3 Å². The number of nitrogens with one attached hydrogen (secondary N) is 1. The predicted molar refractivity (Wildman–Crippen MR) is 71.8 cm³/mol. The second-order valence-electron chi connectivity index (χ2n) is 4.42. The van der Waals surface area contributed by atoms with E-state index in [0.29, 0.717) is 19.0 Å². The lowest BCUT2D eigenvalue weighted by Crippen LogP contribution is -2.33. The van der Waals surface area contributed by atoms with Crippen LogP contribution in [0.5, 0.6) is 11.5 Å². The summed E-state index contributed by atoms with van der Waals surface area (Å²) in [6, 6.07) is 3.99. The van der Waals surface area contributed by atoms with Gasteiger partial charge >= 0.3 is 0 Å². The van der Waals surface area contributed by atoms with E-state index in [9.17, 15) is 0 Å². The maximum absolute atomic E-state index is 5.80. The predicted octanol–water partition coefficient (Wildman–Crippen LogP) is 1.51. The minimum atomic E-state index is -0.0191. The monoisotopic (exact) mass is 267 g/mol. The van der Waals surface area contributed by atoms with Crippen LogP contribution in [-0.2, 0) is 16.1 Å². The van der Waals surface area contributed by atoms with Crippen molar-refractivity contribution in [2.24, 2.45) is 0 Å². The molecule has 106 valence electrons. The summed E-state index contributed by atoms with van der Waals surface area (Å²) in [5.41, 5.74) is 2.05. The summed E-state index contributed by atoms with van der Waals surface area (Å²) in [5, 5.41) is 3.32. The van der Waals surface area contributed by atoms with Crippen molar-refractivity contribution in [3.05, 3.63) is 23.3 Å². The fourth-order valence-electron chi connectivity index (χ4n) is 2.31. The summed E-state index contributed by atoms with van der Waals surface area (Å²) in [7, 11) is 4.96. The van der Waals surface area contributed by atoms with Gasteiger partial charge in [-0.3, -0.25) is 0 Å². The number of benzene rings is 1. The number of morpholine rings is 1. The third-order valence-corrected chi connectivity index (χ3v) is 3.15. The van der Waals surface area contributed by atoms with Crippen LogP contribution >= 0.6 is 0 Å². The lowest BCUT2D eigenvalue weighted by atomic mass is 10.0. The van der Waals surface area contributed by atoms with Gasteiger partial charge in [0.25, 0.3) is 0 Å². The van der Waals surface area contributed by atoms with Crippen LogP contribution in [0.25, 0.3) is 0 Å². The van der Waals surface area contributed by atoms with E-state index >= 15 is 0 Å². The molecule has 1 atom stereocenters. The Morgan fingerprint density at radius 1 is 1.26 bits per heavy atom. The molecule has 1 fully saturated rings. The van der Waals surface area contributed by atoms with E-state index in [2.05, 4.69) is 11.4 Å². The first-order valence-electron chi connectivity index (χ1n) is 6.36. The Morgan fingerprint density at radius 2 is 2.11 bits per heavy atom. The molecule has 1 N–H and O–H groups in total. The first-order chi connectivity index (χ1) is 9.30. The van der Waals surface area contributed by atoms with Crippen molar-refractivity contribution in [1.82, 2.24) is 5.32 Å². The van der Waals surface area contributed by atoms with Crippen LogP contribution in [0.3, 0.4) is 0 Å². The largest absolute Gasteiger partial charge is 0.493 e. The van der Waals surface area contributed by atoms with Gasteiger partial charge < -0.3 is 24.3 Å². The summed E-state index contributed by atoms with van der Waals surface area (Å²) >= 11 is 0. The fourth-order valence-corrected chi connectivity index (χ4v) is 2.31. The average Bonchev–Trinajstić information content (AvgIpc) is 2.47. The van der Waals surface area contributed by atoms with Gasteiger partial charge in [-0.1, -0.05) is 0 Å². The molecule has 1 aromatic rings. The van der Waals surface area contributed by atoms with Crippen molar-refractivity contribution >= 4 is 0 Å². The molecular weight excluding hydrogens is 246 g/mol. The van der Waals surface area contributed by atoms with Crippen LogP contribution in [0.4, 0.5) is 0 Å². The third kappa shape index (κ3) is 3.18. The summed E-state index contributed by atoms with van der Waals surface area (Å²) in [6.07, 6.45) is -0.0191. The number of methoxy groups -OCH3 is 3. The highest BCUT2D eigenvalue weighted by Crippen LogP contribution is 2.38. The van der Waals surface area contributed by atoms with E-state index in [1.807, 2.05) is 6.07 Å². The maximum atomic E-state index is 5.80. The molecule has 1 unspecified atom stereocenters. The molecule has 0 saturated carbocycles. The van der Waals surface area contributed by atoms with Crippen LogP contribution in [0.2, 0.25) is 0 Å². The summed E-state index contributed by atoms with van der Waals surface area (Å²) in [4.78, 5) is 0. The van der Waals surface area contributed by atoms with Gasteiger partial charge in [-0.05, 0) is 17.7 Å². The molecule has 1 aliphatic heterocycles. The highest BCUT2D eigenvalue weighted by atomic mass is 16.5. The molecule has 1 aromatic carbocycles. The molecule has 2 rings (SSSR count). The zero-order chi connectivity index (χ0) is 13.7. The van der Waals surface area contributed by atoms with E-state index in [0.717, 1.165) is 30.0 Å². The van der Waals surface area contributed by atoms with E-state index in [4.69, 9.17) is 18.9 Å². The van der Waals surface area contributed by atoms with Crippen LogP contribution in [-0.4, -0.2) is 41.0 Å². The lowest BCUT2D eigenvalue weighted by molar-refractivity contribution is 0.0259. The summed E-state index contributed by atoms with van der Waals surface area (Å²) in [6.45, 7) is 2.89. The highest BCUT2D eigenvalue weighted by Gasteiger charge is 2.23. The average molecular weight is 267 g/mol. The Hall–Kier alpha value is -1.30. The maximum Gasteiger partial charge on any atom is 0.166 e. The second-order valence-corrected chi connectivity index (χ2v) is 4.42. The van der Waals surface area contributed by atoms with Crippen molar-refractivity contribution in [3.8, 4) is 11.5 Å². The first-order valence-corrected chi connectivity index (χ1v) is 6.36. The molecule has 0 bridgehead atoms. The Labute approximate surface area is 113 Å². The molecule has 19 heavy (non-hydrogen) atoms. The minimum absolute atomic E-state index is 0.0191. The van der Waals surface area contributed by atoms with E-state index < -0.39 is 0 Å². The van der Waals surface area contributed by atoms with Crippen LogP contribution in [0.1, 0.15) is 17.2 Å². The van der Waals surface area contributed by atoms with E-state index in [-0.39, 0.29) is 6.10 Å². The molecule has 0 aliphatic carbocycles. The quantitative estimate of drug-likeness (QED) is 0.876. The first kappa shape index (κ1) is 14.1. The number of hydrogen-bond acceptors (Lipinski definition) is 5. The Morgan fingerprint density at radius 3 is 2.68 bits per heavy atom. The molecule has 0 aromatic heterocycles. The van der Waals surface area contributed by atoms with Gasteiger partial charge in [-0.15, -0.1) is 0 Å².